The molecule has 4 heterocycles. The summed E-state index contributed by atoms with van der Waals surface area (Å²) in [6.07, 6.45) is 0. The molecule has 39 heavy (non-hydrogen) atoms. The summed E-state index contributed by atoms with van der Waals surface area (Å²) in [5.74, 6) is 0. The van der Waals surface area contributed by atoms with Crippen LogP contribution in [-0.2, 0) is 0 Å². The second-order valence-corrected chi connectivity index (χ2v) is 10.8. The van der Waals surface area contributed by atoms with Gasteiger partial charge >= 0.3 is 0 Å². The molecule has 3 heteroatoms. The summed E-state index contributed by atoms with van der Waals surface area (Å²) in [6, 6.07) is 42.2. The lowest BCUT2D eigenvalue weighted by Crippen LogP contribution is -1.84. The number of hydrogen-bond acceptors (Lipinski definition) is 1. The Morgan fingerprint density at radius 2 is 0.744 bits per heavy atom. The lowest BCUT2D eigenvalue weighted by Gasteiger charge is -2.06. The summed E-state index contributed by atoms with van der Waals surface area (Å²) < 4.78 is 4.85. The third-order valence-electron chi connectivity index (χ3n) is 8.86. The number of nitrogens with two attached hydrogens (primary N) is 1. The Labute approximate surface area is 222 Å². The Kier molecular flexibility index (Phi) is 3.34. The van der Waals surface area contributed by atoms with Crippen molar-refractivity contribution in [2.45, 2.75) is 0 Å². The van der Waals surface area contributed by atoms with Crippen LogP contribution in [0.1, 0.15) is 0 Å². The third kappa shape index (κ3) is 2.27. The summed E-state index contributed by atoms with van der Waals surface area (Å²) in [7, 11) is 0. The summed E-state index contributed by atoms with van der Waals surface area (Å²) in [5, 5.41) is 10.2. The molecule has 3 nitrogen and oxygen atoms in total. The lowest BCUT2D eigenvalue weighted by atomic mass is 9.96. The van der Waals surface area contributed by atoms with Gasteiger partial charge in [-0.15, -0.1) is 0 Å². The van der Waals surface area contributed by atoms with Crippen LogP contribution in [0.25, 0.3) is 87.3 Å². The number of rotatable bonds is 1. The third-order valence-corrected chi connectivity index (χ3v) is 8.86. The average molecular weight is 496 g/mol. The topological polar surface area (TPSA) is 34.8 Å². The second kappa shape index (κ2) is 6.58. The fourth-order valence-corrected chi connectivity index (χ4v) is 7.30. The maximum atomic E-state index is 6.30. The predicted molar refractivity (Wildman–Crippen MR) is 166 cm³/mol. The van der Waals surface area contributed by atoms with Gasteiger partial charge in [-0.3, -0.25) is 0 Å². The van der Waals surface area contributed by atoms with Crippen molar-refractivity contribution in [2.24, 2.45) is 0 Å². The zero-order valence-electron chi connectivity index (χ0n) is 20.9. The highest BCUT2D eigenvalue weighted by molar-refractivity contribution is 6.27. The van der Waals surface area contributed by atoms with E-state index in [1.807, 2.05) is 6.07 Å². The van der Waals surface area contributed by atoms with E-state index in [2.05, 4.69) is 118 Å². The minimum Gasteiger partial charge on any atom is -0.399 e. The molecule has 0 fully saturated rings. The van der Waals surface area contributed by atoms with E-state index in [4.69, 9.17) is 5.73 Å². The van der Waals surface area contributed by atoms with Gasteiger partial charge in [-0.1, -0.05) is 54.6 Å². The molecular weight excluding hydrogens is 474 g/mol. The van der Waals surface area contributed by atoms with E-state index in [1.54, 1.807) is 0 Å². The summed E-state index contributed by atoms with van der Waals surface area (Å²) in [6.45, 7) is 0. The Balaban J connectivity index is 1.41. The summed E-state index contributed by atoms with van der Waals surface area (Å²) in [4.78, 5) is 0. The van der Waals surface area contributed by atoms with E-state index in [0.717, 1.165) is 5.69 Å². The number of nitrogens with zero attached hydrogens (tertiary/aromatic N) is 2. The van der Waals surface area contributed by atoms with Crippen molar-refractivity contribution < 1.29 is 0 Å². The molecular formula is C36H21N3. The van der Waals surface area contributed by atoms with Crippen molar-refractivity contribution >= 4 is 81.9 Å². The van der Waals surface area contributed by atoms with Crippen LogP contribution in [0.5, 0.6) is 0 Å². The first kappa shape index (κ1) is 19.8. The first-order chi connectivity index (χ1) is 19.3. The van der Waals surface area contributed by atoms with Gasteiger partial charge < -0.3 is 14.5 Å². The maximum Gasteiger partial charge on any atom is 0.0620 e. The van der Waals surface area contributed by atoms with Gasteiger partial charge in [0, 0.05) is 48.8 Å². The Hall–Kier alpha value is -5.28. The van der Waals surface area contributed by atoms with E-state index < -0.39 is 0 Å². The molecule has 10 aromatic rings. The Bertz CT molecular complexity index is 2530. The Morgan fingerprint density at radius 1 is 0.359 bits per heavy atom. The van der Waals surface area contributed by atoms with Gasteiger partial charge in [0.1, 0.15) is 0 Å². The molecule has 0 saturated carbocycles. The van der Waals surface area contributed by atoms with Crippen LogP contribution in [0.4, 0.5) is 5.69 Å². The van der Waals surface area contributed by atoms with Gasteiger partial charge in [-0.25, -0.2) is 0 Å². The number of anilines is 1. The second-order valence-electron chi connectivity index (χ2n) is 10.8. The molecule has 0 spiro atoms. The summed E-state index contributed by atoms with van der Waals surface area (Å²) in [5.41, 5.74) is 17.1. The molecule has 2 N–H and O–H groups in total. The van der Waals surface area contributed by atoms with Crippen LogP contribution in [0.15, 0.2) is 115 Å². The number of para-hydroxylation sites is 3. The highest BCUT2D eigenvalue weighted by atomic mass is 14.9. The van der Waals surface area contributed by atoms with E-state index in [9.17, 15) is 0 Å². The van der Waals surface area contributed by atoms with Gasteiger partial charge in [0.05, 0.1) is 33.1 Å². The van der Waals surface area contributed by atoms with Gasteiger partial charge in [-0.2, -0.15) is 0 Å². The van der Waals surface area contributed by atoms with Crippen molar-refractivity contribution in [1.82, 2.24) is 8.80 Å². The van der Waals surface area contributed by atoms with Gasteiger partial charge in [0.25, 0.3) is 0 Å². The van der Waals surface area contributed by atoms with Gasteiger partial charge in [0.15, 0.2) is 0 Å². The van der Waals surface area contributed by atoms with Crippen LogP contribution in [0.2, 0.25) is 0 Å². The molecule has 0 unspecified atom stereocenters. The fraction of sp³-hybridized carbons (Fsp3) is 0. The molecule has 0 aliphatic rings. The van der Waals surface area contributed by atoms with Crippen LogP contribution in [0, 0.1) is 0 Å². The number of hydrogen-bond donors (Lipinski definition) is 1. The SMILES string of the molecule is Nc1ccc2c(c1)c1cc(-c3cc4c5ccccc5n5c6ccccc6c(c3)c45)cc3c4ccccc4n2c31. The molecule has 0 atom stereocenters. The van der Waals surface area contributed by atoms with Crippen molar-refractivity contribution in [3.05, 3.63) is 115 Å². The Morgan fingerprint density at radius 3 is 1.21 bits per heavy atom. The molecule has 180 valence electrons. The predicted octanol–water partition coefficient (Wildman–Crippen LogP) is 9.24. The summed E-state index contributed by atoms with van der Waals surface area (Å²) >= 11 is 0. The largest absolute Gasteiger partial charge is 0.399 e. The van der Waals surface area contributed by atoms with Gasteiger partial charge in [-0.05, 0) is 71.8 Å². The molecule has 0 amide bonds. The highest BCUT2D eigenvalue weighted by Crippen LogP contribution is 2.45. The monoisotopic (exact) mass is 495 g/mol. The fourth-order valence-electron chi connectivity index (χ4n) is 7.30. The van der Waals surface area contributed by atoms with E-state index in [1.165, 1.54) is 87.3 Å². The van der Waals surface area contributed by atoms with Crippen LogP contribution in [-0.4, -0.2) is 8.80 Å². The molecule has 0 bridgehead atoms. The van der Waals surface area contributed by atoms with Crippen molar-refractivity contribution in [3.8, 4) is 11.1 Å². The number of fused-ring (bicyclic) bond motifs is 12. The minimum absolute atomic E-state index is 0.793. The smallest absolute Gasteiger partial charge is 0.0620 e. The first-order valence-electron chi connectivity index (χ1n) is 13.4. The highest BCUT2D eigenvalue weighted by Gasteiger charge is 2.21. The van der Waals surface area contributed by atoms with Gasteiger partial charge in [0.2, 0.25) is 0 Å². The van der Waals surface area contributed by atoms with Crippen LogP contribution < -0.4 is 5.73 Å². The van der Waals surface area contributed by atoms with E-state index >= 15 is 0 Å². The first-order valence-corrected chi connectivity index (χ1v) is 13.4. The molecule has 10 rings (SSSR count). The zero-order valence-corrected chi connectivity index (χ0v) is 20.9. The molecule has 0 saturated heterocycles. The molecule has 0 aliphatic carbocycles. The quantitative estimate of drug-likeness (QED) is 0.226. The van der Waals surface area contributed by atoms with Crippen LogP contribution in [0.3, 0.4) is 0 Å². The molecule has 0 radical (unpaired) electrons. The lowest BCUT2D eigenvalue weighted by molar-refractivity contribution is 1.37. The van der Waals surface area contributed by atoms with E-state index in [-0.39, 0.29) is 0 Å². The van der Waals surface area contributed by atoms with Crippen molar-refractivity contribution in [2.75, 3.05) is 5.73 Å². The zero-order chi connectivity index (χ0) is 25.4. The molecule has 6 aromatic carbocycles. The molecule has 4 aromatic heterocycles. The number of nitrogen functional groups attached to an aromatic ring is 1. The normalized spacial score (nSPS) is 12.7. The number of benzene rings is 6. The minimum atomic E-state index is 0.793. The van der Waals surface area contributed by atoms with Crippen molar-refractivity contribution in [1.29, 1.82) is 0 Å². The standard InChI is InChI=1S/C36H21N3/c37-22-13-14-34-26(19-22)30-18-21(17-29-25-9-3-6-12-33(25)39(34)36(29)30)20-15-27-23-7-1-4-10-31(23)38-32-11-5-2-8-24(32)28(16-20)35(27)38/h1-19H,37H2. The maximum absolute atomic E-state index is 6.30. The van der Waals surface area contributed by atoms with Crippen molar-refractivity contribution in [3.63, 3.8) is 0 Å². The number of aromatic nitrogens is 2. The molecule has 0 aliphatic heterocycles. The van der Waals surface area contributed by atoms with Crippen LogP contribution >= 0.6 is 0 Å². The average Bonchev–Trinajstić information content (AvgIpc) is 3.69. The van der Waals surface area contributed by atoms with E-state index in [0.29, 0.717) is 0 Å².